The highest BCUT2D eigenvalue weighted by atomic mass is 19.1. The lowest BCUT2D eigenvalue weighted by molar-refractivity contribution is -0.126. The van der Waals surface area contributed by atoms with Gasteiger partial charge < -0.3 is 20.5 Å². The molecule has 1 saturated heterocycles. The Labute approximate surface area is 178 Å². The number of carbonyl (C=O) groups excluding carboxylic acids is 2. The second-order valence-corrected chi connectivity index (χ2v) is 7.38. The maximum absolute atomic E-state index is 13.8. The van der Waals surface area contributed by atoms with Gasteiger partial charge in [-0.15, -0.1) is 0 Å². The fourth-order valence-corrected chi connectivity index (χ4v) is 3.63. The standard InChI is InChI=1S/C22H23FN6O2/c1-2-19(30)29-9-7-15(8-10-29)27-18-13-25-21-20(28-18)16(12-24-21)22(31)26-11-14-5-3-4-6-17(14)23/h2-6,12-13,15H,1,7-11H2,(H,24,25)(H,26,31)(H,27,28). The van der Waals surface area contributed by atoms with Crippen LogP contribution in [-0.2, 0) is 11.3 Å². The van der Waals surface area contributed by atoms with Crippen molar-refractivity contribution in [2.45, 2.75) is 25.4 Å². The van der Waals surface area contributed by atoms with Gasteiger partial charge in [-0.25, -0.2) is 14.4 Å². The molecular weight excluding hydrogens is 399 g/mol. The lowest BCUT2D eigenvalue weighted by Gasteiger charge is -2.31. The van der Waals surface area contributed by atoms with Crippen LogP contribution in [0.4, 0.5) is 10.2 Å². The van der Waals surface area contributed by atoms with Gasteiger partial charge in [0.05, 0.1) is 11.8 Å². The lowest BCUT2D eigenvalue weighted by Crippen LogP contribution is -2.41. The summed E-state index contributed by atoms with van der Waals surface area (Å²) in [5.41, 5.74) is 1.68. The van der Waals surface area contributed by atoms with Crippen LogP contribution in [0.5, 0.6) is 0 Å². The summed E-state index contributed by atoms with van der Waals surface area (Å²) in [6.07, 6.45) is 6.05. The van der Waals surface area contributed by atoms with Crippen LogP contribution >= 0.6 is 0 Å². The van der Waals surface area contributed by atoms with Gasteiger partial charge in [0.2, 0.25) is 5.91 Å². The third-order valence-corrected chi connectivity index (χ3v) is 5.36. The first-order valence-corrected chi connectivity index (χ1v) is 10.1. The molecule has 0 unspecified atom stereocenters. The van der Waals surface area contributed by atoms with Crippen molar-refractivity contribution in [1.29, 1.82) is 0 Å². The Bertz CT molecular complexity index is 1120. The number of amides is 2. The van der Waals surface area contributed by atoms with E-state index >= 15 is 0 Å². The molecule has 2 amide bonds. The van der Waals surface area contributed by atoms with E-state index in [-0.39, 0.29) is 30.2 Å². The van der Waals surface area contributed by atoms with Crippen LogP contribution in [0.1, 0.15) is 28.8 Å². The predicted molar refractivity (Wildman–Crippen MR) is 115 cm³/mol. The van der Waals surface area contributed by atoms with Crippen LogP contribution < -0.4 is 10.6 Å². The van der Waals surface area contributed by atoms with Crippen molar-refractivity contribution in [1.82, 2.24) is 25.2 Å². The molecule has 31 heavy (non-hydrogen) atoms. The third kappa shape index (κ3) is 4.55. The van der Waals surface area contributed by atoms with Crippen LogP contribution in [0.15, 0.2) is 49.3 Å². The molecule has 0 spiro atoms. The quantitative estimate of drug-likeness (QED) is 0.530. The Morgan fingerprint density at radius 3 is 2.81 bits per heavy atom. The van der Waals surface area contributed by atoms with Crippen LogP contribution in [0.3, 0.4) is 0 Å². The number of nitrogens with one attached hydrogen (secondary N) is 3. The minimum absolute atomic E-state index is 0.0574. The van der Waals surface area contributed by atoms with Gasteiger partial charge in [0.15, 0.2) is 5.65 Å². The molecule has 1 fully saturated rings. The number of hydrogen-bond acceptors (Lipinski definition) is 5. The maximum atomic E-state index is 13.8. The van der Waals surface area contributed by atoms with Crippen molar-refractivity contribution in [2.24, 2.45) is 0 Å². The molecule has 0 atom stereocenters. The van der Waals surface area contributed by atoms with E-state index in [9.17, 15) is 14.0 Å². The summed E-state index contributed by atoms with van der Waals surface area (Å²) >= 11 is 0. The number of piperidine rings is 1. The largest absolute Gasteiger partial charge is 0.366 e. The molecule has 0 aliphatic carbocycles. The molecule has 9 heteroatoms. The molecule has 0 saturated carbocycles. The second-order valence-electron chi connectivity index (χ2n) is 7.38. The number of halogens is 1. The highest BCUT2D eigenvalue weighted by molar-refractivity contribution is 6.04. The lowest BCUT2D eigenvalue weighted by atomic mass is 10.1. The van der Waals surface area contributed by atoms with Gasteiger partial charge in [-0.2, -0.15) is 0 Å². The first-order valence-electron chi connectivity index (χ1n) is 10.1. The van der Waals surface area contributed by atoms with E-state index in [4.69, 9.17) is 0 Å². The second kappa shape index (κ2) is 8.95. The Morgan fingerprint density at radius 2 is 2.06 bits per heavy atom. The van der Waals surface area contributed by atoms with E-state index in [1.54, 1.807) is 35.5 Å². The molecule has 3 heterocycles. The van der Waals surface area contributed by atoms with Gasteiger partial charge in [0.25, 0.3) is 5.91 Å². The molecule has 1 aliphatic rings. The molecule has 1 aliphatic heterocycles. The third-order valence-electron chi connectivity index (χ3n) is 5.36. The average molecular weight is 422 g/mol. The summed E-state index contributed by atoms with van der Waals surface area (Å²) in [5, 5.41) is 6.06. The van der Waals surface area contributed by atoms with Crippen LogP contribution in [0, 0.1) is 5.82 Å². The van der Waals surface area contributed by atoms with Crippen LogP contribution in [-0.4, -0.2) is 50.8 Å². The van der Waals surface area contributed by atoms with Gasteiger partial charge in [-0.3, -0.25) is 9.59 Å². The monoisotopic (exact) mass is 422 g/mol. The van der Waals surface area contributed by atoms with E-state index in [1.165, 1.54) is 12.1 Å². The van der Waals surface area contributed by atoms with Gasteiger partial charge in [0, 0.05) is 37.4 Å². The fraction of sp³-hybridized carbons (Fsp3) is 0.273. The van der Waals surface area contributed by atoms with Crippen LogP contribution in [0.25, 0.3) is 11.2 Å². The highest BCUT2D eigenvalue weighted by Crippen LogP contribution is 2.20. The van der Waals surface area contributed by atoms with E-state index < -0.39 is 0 Å². The molecule has 8 nitrogen and oxygen atoms in total. The fourth-order valence-electron chi connectivity index (χ4n) is 3.63. The summed E-state index contributed by atoms with van der Waals surface area (Å²) in [5.74, 6) is -0.229. The smallest absolute Gasteiger partial charge is 0.255 e. The van der Waals surface area contributed by atoms with Crippen molar-refractivity contribution in [2.75, 3.05) is 18.4 Å². The van der Waals surface area contributed by atoms with E-state index in [1.807, 2.05) is 0 Å². The zero-order valence-corrected chi connectivity index (χ0v) is 16.9. The topological polar surface area (TPSA) is 103 Å². The molecule has 3 N–H and O–H groups in total. The number of rotatable bonds is 6. The first-order chi connectivity index (χ1) is 15.0. The zero-order chi connectivity index (χ0) is 21.8. The Balaban J connectivity index is 1.43. The normalized spacial score (nSPS) is 14.4. The Morgan fingerprint density at radius 1 is 1.29 bits per heavy atom. The number of H-pyrrole nitrogens is 1. The SMILES string of the molecule is C=CC(=O)N1CCC(Nc2cnc3[nH]cc(C(=O)NCc4ccccc4F)c3n2)CC1. The van der Waals surface area contributed by atoms with Gasteiger partial charge >= 0.3 is 0 Å². The molecule has 3 aromatic rings. The molecule has 0 bridgehead atoms. The molecule has 160 valence electrons. The zero-order valence-electron chi connectivity index (χ0n) is 16.9. The van der Waals surface area contributed by atoms with Crippen molar-refractivity contribution < 1.29 is 14.0 Å². The minimum atomic E-state index is -0.367. The molecule has 0 radical (unpaired) electrons. The van der Waals surface area contributed by atoms with E-state index in [0.717, 1.165) is 12.8 Å². The van der Waals surface area contributed by atoms with Gasteiger partial charge in [0.1, 0.15) is 17.2 Å². The summed E-state index contributed by atoms with van der Waals surface area (Å²) in [4.78, 5) is 38.0. The van der Waals surface area contributed by atoms with Crippen molar-refractivity contribution in [3.63, 3.8) is 0 Å². The number of carbonyl (C=O) groups is 2. The average Bonchev–Trinajstić information content (AvgIpc) is 3.22. The van der Waals surface area contributed by atoms with E-state index in [0.29, 0.717) is 41.2 Å². The van der Waals surface area contributed by atoms with Crippen molar-refractivity contribution in [3.8, 4) is 0 Å². The number of hydrogen-bond donors (Lipinski definition) is 3. The van der Waals surface area contributed by atoms with Crippen molar-refractivity contribution >= 4 is 28.8 Å². The van der Waals surface area contributed by atoms with Gasteiger partial charge in [-0.05, 0) is 25.0 Å². The first kappa shape index (κ1) is 20.5. The predicted octanol–water partition coefficient (Wildman–Crippen LogP) is 2.62. The summed E-state index contributed by atoms with van der Waals surface area (Å²) < 4.78 is 13.8. The number of aromatic amines is 1. The van der Waals surface area contributed by atoms with E-state index in [2.05, 4.69) is 32.2 Å². The molecule has 1 aromatic carbocycles. The number of benzene rings is 1. The number of likely N-dealkylation sites (tertiary alicyclic amines) is 1. The molecule has 2 aromatic heterocycles. The number of aromatic nitrogens is 3. The maximum Gasteiger partial charge on any atom is 0.255 e. The minimum Gasteiger partial charge on any atom is -0.366 e. The summed E-state index contributed by atoms with van der Waals surface area (Å²) in [7, 11) is 0. The van der Waals surface area contributed by atoms with Crippen molar-refractivity contribution in [3.05, 3.63) is 66.3 Å². The number of anilines is 1. The van der Waals surface area contributed by atoms with Crippen LogP contribution in [0.2, 0.25) is 0 Å². The highest BCUT2D eigenvalue weighted by Gasteiger charge is 2.22. The van der Waals surface area contributed by atoms with Gasteiger partial charge in [-0.1, -0.05) is 24.8 Å². The Hall–Kier alpha value is -3.75. The molecule has 4 rings (SSSR count). The summed E-state index contributed by atoms with van der Waals surface area (Å²) in [6.45, 7) is 4.89. The number of fused-ring (bicyclic) bond motifs is 1. The molecular formula is C22H23FN6O2. The Kier molecular flexibility index (Phi) is 5.92. The number of nitrogens with zero attached hydrogens (tertiary/aromatic N) is 3. The summed E-state index contributed by atoms with van der Waals surface area (Å²) in [6, 6.07) is 6.45.